The fraction of sp³-hybridized carbons (Fsp3) is 1.00. The minimum absolute atomic E-state index is 0.538. The standard InChI is InChI=1S/C9H17Cl/c1-3-8(2)9(7-10)5-4-6-9/h8H,3-7H2,1-2H3. The van der Waals surface area contributed by atoms with Crippen molar-refractivity contribution in [3.63, 3.8) is 0 Å². The van der Waals surface area contributed by atoms with Crippen LogP contribution in [0.25, 0.3) is 0 Å². The molecule has 0 radical (unpaired) electrons. The summed E-state index contributed by atoms with van der Waals surface area (Å²) >= 11 is 5.93. The lowest BCUT2D eigenvalue weighted by Crippen LogP contribution is -2.37. The molecule has 0 spiro atoms. The molecule has 0 aromatic rings. The van der Waals surface area contributed by atoms with Crippen molar-refractivity contribution in [2.24, 2.45) is 11.3 Å². The van der Waals surface area contributed by atoms with Gasteiger partial charge in [0.15, 0.2) is 0 Å². The molecule has 0 aromatic heterocycles. The highest BCUT2D eigenvalue weighted by atomic mass is 35.5. The minimum Gasteiger partial charge on any atom is -0.126 e. The molecule has 10 heavy (non-hydrogen) atoms. The van der Waals surface area contributed by atoms with Gasteiger partial charge in [-0.25, -0.2) is 0 Å². The third-order valence-corrected chi connectivity index (χ3v) is 3.81. The first kappa shape index (κ1) is 8.39. The second-order valence-corrected chi connectivity index (χ2v) is 3.93. The predicted octanol–water partition coefficient (Wildman–Crippen LogP) is 3.44. The van der Waals surface area contributed by atoms with Crippen LogP contribution >= 0.6 is 11.6 Å². The van der Waals surface area contributed by atoms with E-state index in [9.17, 15) is 0 Å². The van der Waals surface area contributed by atoms with E-state index >= 15 is 0 Å². The van der Waals surface area contributed by atoms with Gasteiger partial charge in [-0.15, -0.1) is 11.6 Å². The number of rotatable bonds is 3. The van der Waals surface area contributed by atoms with Crippen molar-refractivity contribution in [2.75, 3.05) is 5.88 Å². The molecule has 1 fully saturated rings. The minimum atomic E-state index is 0.538. The van der Waals surface area contributed by atoms with Gasteiger partial charge in [0.25, 0.3) is 0 Å². The van der Waals surface area contributed by atoms with Crippen molar-refractivity contribution in [3.8, 4) is 0 Å². The summed E-state index contributed by atoms with van der Waals surface area (Å²) in [4.78, 5) is 0. The maximum absolute atomic E-state index is 5.93. The van der Waals surface area contributed by atoms with Gasteiger partial charge in [-0.1, -0.05) is 26.7 Å². The lowest BCUT2D eigenvalue weighted by atomic mass is 9.62. The third kappa shape index (κ3) is 1.18. The average Bonchev–Trinajstić information content (AvgIpc) is 1.86. The Kier molecular flexibility index (Phi) is 2.62. The molecule has 0 nitrogen and oxygen atoms in total. The molecule has 1 atom stereocenters. The molecule has 1 rings (SSSR count). The highest BCUT2D eigenvalue weighted by molar-refractivity contribution is 6.18. The normalized spacial score (nSPS) is 25.5. The molecule has 0 saturated heterocycles. The summed E-state index contributed by atoms with van der Waals surface area (Å²) in [5.74, 6) is 1.71. The first-order valence-electron chi connectivity index (χ1n) is 4.31. The Morgan fingerprint density at radius 1 is 1.50 bits per heavy atom. The zero-order chi connectivity index (χ0) is 7.61. The number of halogens is 1. The molecule has 0 aromatic carbocycles. The molecular formula is C9H17Cl. The molecule has 1 heteroatoms. The Labute approximate surface area is 69.0 Å². The molecule has 0 aliphatic heterocycles. The van der Waals surface area contributed by atoms with E-state index in [0.29, 0.717) is 5.41 Å². The van der Waals surface area contributed by atoms with Crippen LogP contribution < -0.4 is 0 Å². The van der Waals surface area contributed by atoms with Gasteiger partial charge in [0.1, 0.15) is 0 Å². The van der Waals surface area contributed by atoms with Gasteiger partial charge in [0, 0.05) is 5.88 Å². The smallest absolute Gasteiger partial charge is 0.0282 e. The maximum Gasteiger partial charge on any atom is 0.0282 e. The van der Waals surface area contributed by atoms with Crippen molar-refractivity contribution in [3.05, 3.63) is 0 Å². The van der Waals surface area contributed by atoms with Crippen LogP contribution in [0.2, 0.25) is 0 Å². The van der Waals surface area contributed by atoms with Gasteiger partial charge in [0.2, 0.25) is 0 Å². The van der Waals surface area contributed by atoms with E-state index in [-0.39, 0.29) is 0 Å². The number of alkyl halides is 1. The van der Waals surface area contributed by atoms with E-state index in [1.54, 1.807) is 0 Å². The molecule has 0 N–H and O–H groups in total. The Morgan fingerprint density at radius 3 is 2.20 bits per heavy atom. The van der Waals surface area contributed by atoms with Crippen LogP contribution in [0.1, 0.15) is 39.5 Å². The summed E-state index contributed by atoms with van der Waals surface area (Å²) in [5.41, 5.74) is 0.538. The molecular weight excluding hydrogens is 144 g/mol. The molecule has 0 bridgehead atoms. The van der Waals surface area contributed by atoms with E-state index < -0.39 is 0 Å². The van der Waals surface area contributed by atoms with E-state index in [1.807, 2.05) is 0 Å². The fourth-order valence-electron chi connectivity index (χ4n) is 1.82. The van der Waals surface area contributed by atoms with Gasteiger partial charge >= 0.3 is 0 Å². The zero-order valence-corrected chi connectivity index (χ0v) is 7.75. The Morgan fingerprint density at radius 2 is 2.10 bits per heavy atom. The summed E-state index contributed by atoms with van der Waals surface area (Å²) in [6, 6.07) is 0. The summed E-state index contributed by atoms with van der Waals surface area (Å²) in [6.07, 6.45) is 5.42. The van der Waals surface area contributed by atoms with Gasteiger partial charge < -0.3 is 0 Å². The van der Waals surface area contributed by atoms with Crippen LogP contribution in [0.15, 0.2) is 0 Å². The summed E-state index contributed by atoms with van der Waals surface area (Å²) in [7, 11) is 0. The zero-order valence-electron chi connectivity index (χ0n) is 6.99. The highest BCUT2D eigenvalue weighted by Crippen LogP contribution is 2.48. The molecule has 1 aliphatic carbocycles. The van der Waals surface area contributed by atoms with Crippen LogP contribution in [-0.4, -0.2) is 5.88 Å². The van der Waals surface area contributed by atoms with Crippen LogP contribution in [0.5, 0.6) is 0 Å². The lowest BCUT2D eigenvalue weighted by Gasteiger charge is -2.45. The Bertz CT molecular complexity index is 99.8. The van der Waals surface area contributed by atoms with E-state index in [2.05, 4.69) is 13.8 Å². The summed E-state index contributed by atoms with van der Waals surface area (Å²) in [5, 5.41) is 0. The van der Waals surface area contributed by atoms with Gasteiger partial charge in [-0.2, -0.15) is 0 Å². The third-order valence-electron chi connectivity index (χ3n) is 3.27. The molecule has 0 amide bonds. The summed E-state index contributed by atoms with van der Waals surface area (Å²) in [6.45, 7) is 4.60. The number of hydrogen-bond donors (Lipinski definition) is 0. The second kappa shape index (κ2) is 3.13. The van der Waals surface area contributed by atoms with Crippen molar-refractivity contribution in [2.45, 2.75) is 39.5 Å². The van der Waals surface area contributed by atoms with E-state index in [4.69, 9.17) is 11.6 Å². The molecule has 1 aliphatic rings. The SMILES string of the molecule is CCC(C)C1(CCl)CCC1. The highest BCUT2D eigenvalue weighted by Gasteiger charge is 2.39. The van der Waals surface area contributed by atoms with Crippen LogP contribution in [0.4, 0.5) is 0 Å². The van der Waals surface area contributed by atoms with Gasteiger partial charge in [-0.3, -0.25) is 0 Å². The first-order chi connectivity index (χ1) is 4.75. The first-order valence-corrected chi connectivity index (χ1v) is 4.84. The lowest BCUT2D eigenvalue weighted by molar-refractivity contribution is 0.0842. The van der Waals surface area contributed by atoms with E-state index in [0.717, 1.165) is 11.8 Å². The van der Waals surface area contributed by atoms with Gasteiger partial charge in [0.05, 0.1) is 0 Å². The quantitative estimate of drug-likeness (QED) is 0.555. The average molecular weight is 161 g/mol. The van der Waals surface area contributed by atoms with Gasteiger partial charge in [-0.05, 0) is 24.2 Å². The Hall–Kier alpha value is 0.290. The second-order valence-electron chi connectivity index (χ2n) is 3.66. The molecule has 60 valence electrons. The fourth-order valence-corrected chi connectivity index (χ4v) is 2.35. The largest absolute Gasteiger partial charge is 0.126 e. The Balaban J connectivity index is 2.46. The monoisotopic (exact) mass is 160 g/mol. The van der Waals surface area contributed by atoms with E-state index in [1.165, 1.54) is 25.7 Å². The molecule has 1 saturated carbocycles. The number of hydrogen-bond acceptors (Lipinski definition) is 0. The summed E-state index contributed by atoms with van der Waals surface area (Å²) < 4.78 is 0. The van der Waals surface area contributed by atoms with Crippen molar-refractivity contribution >= 4 is 11.6 Å². The van der Waals surface area contributed by atoms with Crippen molar-refractivity contribution in [1.82, 2.24) is 0 Å². The predicted molar refractivity (Wildman–Crippen MR) is 46.5 cm³/mol. The van der Waals surface area contributed by atoms with Crippen LogP contribution in [0.3, 0.4) is 0 Å². The van der Waals surface area contributed by atoms with Crippen molar-refractivity contribution in [1.29, 1.82) is 0 Å². The van der Waals surface area contributed by atoms with Crippen LogP contribution in [-0.2, 0) is 0 Å². The van der Waals surface area contributed by atoms with Crippen LogP contribution in [0, 0.1) is 11.3 Å². The van der Waals surface area contributed by atoms with Crippen molar-refractivity contribution < 1.29 is 0 Å². The topological polar surface area (TPSA) is 0 Å². The molecule has 0 heterocycles. The maximum atomic E-state index is 5.93. The molecule has 1 unspecified atom stereocenters.